The number of nitrogens with one attached hydrogen (secondary N) is 2. The van der Waals surface area contributed by atoms with E-state index in [0.29, 0.717) is 17.9 Å². The molecule has 1 aromatic carbocycles. The second-order valence-corrected chi connectivity index (χ2v) is 4.46. The molecule has 0 unspecified atom stereocenters. The lowest BCUT2D eigenvalue weighted by Gasteiger charge is -2.09. The van der Waals surface area contributed by atoms with Gasteiger partial charge in [0.2, 0.25) is 0 Å². The Balaban J connectivity index is 2.06. The van der Waals surface area contributed by atoms with E-state index in [4.69, 9.17) is 4.42 Å². The topological polar surface area (TPSA) is 97.4 Å². The van der Waals surface area contributed by atoms with E-state index in [-0.39, 0.29) is 11.8 Å². The van der Waals surface area contributed by atoms with Gasteiger partial charge in [-0.1, -0.05) is 0 Å². The van der Waals surface area contributed by atoms with Gasteiger partial charge in [-0.15, -0.1) is 0 Å². The van der Waals surface area contributed by atoms with Gasteiger partial charge in [-0.05, 0) is 36.8 Å². The monoisotopic (exact) mass is 289 g/mol. The number of benzene rings is 1. The lowest BCUT2D eigenvalue weighted by atomic mass is 10.1. The van der Waals surface area contributed by atoms with Crippen LogP contribution in [0.3, 0.4) is 0 Å². The maximum absolute atomic E-state index is 11.5. The van der Waals surface area contributed by atoms with Crippen molar-refractivity contribution in [1.29, 1.82) is 0 Å². The van der Waals surface area contributed by atoms with E-state index >= 15 is 0 Å². The van der Waals surface area contributed by atoms with E-state index in [0.717, 1.165) is 11.3 Å². The summed E-state index contributed by atoms with van der Waals surface area (Å²) in [5, 5.41) is 16.2. The maximum atomic E-state index is 11.5. The number of carbonyl (C=O) groups is 1. The molecule has 2 N–H and O–H groups in total. The second-order valence-electron chi connectivity index (χ2n) is 4.46. The van der Waals surface area contributed by atoms with E-state index in [1.807, 2.05) is 6.92 Å². The number of nitrogens with zero attached hydrogens (tertiary/aromatic N) is 1. The molecule has 1 aromatic heterocycles. The summed E-state index contributed by atoms with van der Waals surface area (Å²) in [4.78, 5) is 21.5. The Labute approximate surface area is 121 Å². The second kappa shape index (κ2) is 6.08. The molecule has 0 saturated carbocycles. The molecule has 0 spiro atoms. The van der Waals surface area contributed by atoms with Crippen molar-refractivity contribution in [2.45, 2.75) is 13.5 Å². The van der Waals surface area contributed by atoms with Gasteiger partial charge >= 0.3 is 5.88 Å². The van der Waals surface area contributed by atoms with Crippen molar-refractivity contribution in [1.82, 2.24) is 5.32 Å². The van der Waals surface area contributed by atoms with E-state index in [1.54, 1.807) is 31.3 Å². The number of furan rings is 1. The highest BCUT2D eigenvalue weighted by atomic mass is 16.6. The van der Waals surface area contributed by atoms with Crippen LogP contribution in [0, 0.1) is 17.0 Å². The van der Waals surface area contributed by atoms with Crippen molar-refractivity contribution in [3.63, 3.8) is 0 Å². The molecule has 7 nitrogen and oxygen atoms in total. The molecular formula is C14H15N3O4. The number of hydrogen-bond donors (Lipinski definition) is 2. The third-order valence-electron chi connectivity index (χ3n) is 3.00. The SMILES string of the molecule is CNC(=O)c1ccc(NCc2ccc([N+](=O)[O-])o2)c(C)c1. The standard InChI is InChI=1S/C14H15N3O4/c1-9-7-10(14(18)15-2)3-5-12(9)16-8-11-4-6-13(21-11)17(19)20/h3-7,16H,8H2,1-2H3,(H,15,18). The molecule has 0 atom stereocenters. The summed E-state index contributed by atoms with van der Waals surface area (Å²) in [6.07, 6.45) is 0. The predicted molar refractivity (Wildman–Crippen MR) is 77.3 cm³/mol. The zero-order valence-corrected chi connectivity index (χ0v) is 11.7. The zero-order valence-electron chi connectivity index (χ0n) is 11.7. The van der Waals surface area contributed by atoms with Gasteiger partial charge in [0.25, 0.3) is 5.91 Å². The third kappa shape index (κ3) is 3.38. The van der Waals surface area contributed by atoms with Crippen LogP contribution in [-0.4, -0.2) is 17.9 Å². The molecule has 0 aliphatic heterocycles. The number of anilines is 1. The summed E-state index contributed by atoms with van der Waals surface area (Å²) in [6.45, 7) is 2.20. The van der Waals surface area contributed by atoms with Crippen molar-refractivity contribution < 1.29 is 14.1 Å². The summed E-state index contributed by atoms with van der Waals surface area (Å²) in [7, 11) is 1.58. The molecular weight excluding hydrogens is 274 g/mol. The molecule has 21 heavy (non-hydrogen) atoms. The van der Waals surface area contributed by atoms with Gasteiger partial charge in [0.1, 0.15) is 10.7 Å². The van der Waals surface area contributed by atoms with Crippen molar-refractivity contribution in [2.75, 3.05) is 12.4 Å². The Kier molecular flexibility index (Phi) is 4.22. The van der Waals surface area contributed by atoms with Crippen LogP contribution in [0.1, 0.15) is 21.7 Å². The highest BCUT2D eigenvalue weighted by Crippen LogP contribution is 2.20. The lowest BCUT2D eigenvalue weighted by molar-refractivity contribution is -0.402. The number of hydrogen-bond acceptors (Lipinski definition) is 5. The fourth-order valence-electron chi connectivity index (χ4n) is 1.89. The smallest absolute Gasteiger partial charge is 0.404 e. The molecule has 0 bridgehead atoms. The van der Waals surface area contributed by atoms with E-state index in [9.17, 15) is 14.9 Å². The Hall–Kier alpha value is -2.83. The normalized spacial score (nSPS) is 10.2. The summed E-state index contributed by atoms with van der Waals surface area (Å²) in [6, 6.07) is 8.14. The molecule has 0 aliphatic carbocycles. The van der Waals surface area contributed by atoms with Crippen molar-refractivity contribution in [3.8, 4) is 0 Å². The molecule has 1 amide bonds. The van der Waals surface area contributed by atoms with Gasteiger partial charge < -0.3 is 15.1 Å². The lowest BCUT2D eigenvalue weighted by Crippen LogP contribution is -2.17. The molecule has 7 heteroatoms. The van der Waals surface area contributed by atoms with Crippen molar-refractivity contribution in [3.05, 3.63) is 57.3 Å². The molecule has 110 valence electrons. The number of aryl methyl sites for hydroxylation is 1. The zero-order chi connectivity index (χ0) is 15.4. The number of amides is 1. The first-order chi connectivity index (χ1) is 10.0. The summed E-state index contributed by atoms with van der Waals surface area (Å²) in [5.41, 5.74) is 2.31. The molecule has 2 aromatic rings. The Morgan fingerprint density at radius 3 is 2.67 bits per heavy atom. The maximum Gasteiger partial charge on any atom is 0.433 e. The summed E-state index contributed by atoms with van der Waals surface area (Å²) < 4.78 is 5.06. The minimum absolute atomic E-state index is 0.147. The van der Waals surface area contributed by atoms with Crippen LogP contribution >= 0.6 is 0 Å². The Morgan fingerprint density at radius 1 is 1.33 bits per heavy atom. The third-order valence-corrected chi connectivity index (χ3v) is 3.00. The quantitative estimate of drug-likeness (QED) is 0.651. The number of rotatable bonds is 5. The first kappa shape index (κ1) is 14.6. The molecule has 0 fully saturated rings. The first-order valence-corrected chi connectivity index (χ1v) is 6.31. The van der Waals surface area contributed by atoms with Crippen LogP contribution in [0.25, 0.3) is 0 Å². The number of carbonyl (C=O) groups excluding carboxylic acids is 1. The molecule has 0 radical (unpaired) electrons. The molecule has 0 saturated heterocycles. The highest BCUT2D eigenvalue weighted by Gasteiger charge is 2.12. The Bertz CT molecular complexity index is 679. The number of nitro groups is 1. The minimum atomic E-state index is -0.576. The summed E-state index contributed by atoms with van der Waals surface area (Å²) >= 11 is 0. The van der Waals surface area contributed by atoms with E-state index in [1.165, 1.54) is 6.07 Å². The fraction of sp³-hybridized carbons (Fsp3) is 0.214. The van der Waals surface area contributed by atoms with Crippen molar-refractivity contribution >= 4 is 17.5 Å². The van der Waals surface area contributed by atoms with Crippen LogP contribution in [0.5, 0.6) is 0 Å². The first-order valence-electron chi connectivity index (χ1n) is 6.31. The average Bonchev–Trinajstić information content (AvgIpc) is 2.94. The van der Waals surface area contributed by atoms with Gasteiger partial charge in [-0.2, -0.15) is 0 Å². The minimum Gasteiger partial charge on any atom is -0.404 e. The largest absolute Gasteiger partial charge is 0.433 e. The predicted octanol–water partition coefficient (Wildman–Crippen LogP) is 2.47. The van der Waals surface area contributed by atoms with Gasteiger partial charge in [-0.25, -0.2) is 0 Å². The van der Waals surface area contributed by atoms with Gasteiger partial charge in [0.15, 0.2) is 0 Å². The molecule has 1 heterocycles. The van der Waals surface area contributed by atoms with Crippen LogP contribution in [0.4, 0.5) is 11.6 Å². The molecule has 0 aliphatic rings. The van der Waals surface area contributed by atoms with Gasteiger partial charge in [0, 0.05) is 18.3 Å². The summed E-state index contributed by atoms with van der Waals surface area (Å²) in [5.74, 6) is 0.0428. The average molecular weight is 289 g/mol. The van der Waals surface area contributed by atoms with Gasteiger partial charge in [-0.3, -0.25) is 14.9 Å². The van der Waals surface area contributed by atoms with E-state index < -0.39 is 4.92 Å². The van der Waals surface area contributed by atoms with Gasteiger partial charge in [0.05, 0.1) is 12.6 Å². The van der Waals surface area contributed by atoms with Crippen LogP contribution in [-0.2, 0) is 6.54 Å². The fourth-order valence-corrected chi connectivity index (χ4v) is 1.89. The Morgan fingerprint density at radius 2 is 2.10 bits per heavy atom. The van der Waals surface area contributed by atoms with E-state index in [2.05, 4.69) is 10.6 Å². The highest BCUT2D eigenvalue weighted by molar-refractivity contribution is 5.94. The molecule has 2 rings (SSSR count). The van der Waals surface area contributed by atoms with Crippen molar-refractivity contribution in [2.24, 2.45) is 0 Å². The van der Waals surface area contributed by atoms with Crippen LogP contribution < -0.4 is 10.6 Å². The van der Waals surface area contributed by atoms with Crippen LogP contribution in [0.15, 0.2) is 34.7 Å². The van der Waals surface area contributed by atoms with Crippen LogP contribution in [0.2, 0.25) is 0 Å².